The van der Waals surface area contributed by atoms with Crippen LogP contribution in [0.2, 0.25) is 0 Å². The molecule has 0 aliphatic carbocycles. The molecule has 1 unspecified atom stereocenters. The van der Waals surface area contributed by atoms with E-state index < -0.39 is 0 Å². The monoisotopic (exact) mass is 332 g/mol. The molecule has 1 aromatic carbocycles. The van der Waals surface area contributed by atoms with Gasteiger partial charge in [0.15, 0.2) is 5.69 Å². The molecule has 4 rings (SSSR count). The van der Waals surface area contributed by atoms with Gasteiger partial charge in [-0.3, -0.25) is 9.78 Å². The maximum Gasteiger partial charge on any atom is 0.274 e. The zero-order valence-electron chi connectivity index (χ0n) is 14.2. The maximum atomic E-state index is 13.0. The van der Waals surface area contributed by atoms with Gasteiger partial charge in [-0.15, -0.1) is 0 Å². The molecule has 1 fully saturated rings. The minimum Gasteiger partial charge on any atom is -0.329 e. The molecule has 25 heavy (non-hydrogen) atoms. The molecule has 1 aliphatic heterocycles. The second-order valence-corrected chi connectivity index (χ2v) is 6.33. The largest absolute Gasteiger partial charge is 0.329 e. The van der Waals surface area contributed by atoms with Gasteiger partial charge >= 0.3 is 0 Å². The SMILES string of the molecule is Cc1cc(C(=O)N2CCCC2c2ccccn2)nn1-c1ccccc1. The first-order valence-corrected chi connectivity index (χ1v) is 8.58. The maximum absolute atomic E-state index is 13.0. The van der Waals surface area contributed by atoms with Gasteiger partial charge in [0.25, 0.3) is 5.91 Å². The molecule has 3 aromatic rings. The van der Waals surface area contributed by atoms with Crippen LogP contribution >= 0.6 is 0 Å². The van der Waals surface area contributed by atoms with E-state index in [0.717, 1.165) is 36.5 Å². The van der Waals surface area contributed by atoms with E-state index in [0.29, 0.717) is 5.69 Å². The molecule has 5 nitrogen and oxygen atoms in total. The average molecular weight is 332 g/mol. The Balaban J connectivity index is 1.63. The van der Waals surface area contributed by atoms with Crippen LogP contribution in [0.25, 0.3) is 5.69 Å². The van der Waals surface area contributed by atoms with Crippen molar-refractivity contribution in [2.45, 2.75) is 25.8 Å². The highest BCUT2D eigenvalue weighted by molar-refractivity contribution is 5.93. The zero-order chi connectivity index (χ0) is 17.2. The number of nitrogens with zero attached hydrogens (tertiary/aromatic N) is 4. The summed E-state index contributed by atoms with van der Waals surface area (Å²) in [7, 11) is 0. The summed E-state index contributed by atoms with van der Waals surface area (Å²) in [5, 5.41) is 4.56. The fraction of sp³-hybridized carbons (Fsp3) is 0.250. The molecule has 2 aromatic heterocycles. The zero-order valence-corrected chi connectivity index (χ0v) is 14.2. The summed E-state index contributed by atoms with van der Waals surface area (Å²) in [6.07, 6.45) is 3.72. The Kier molecular flexibility index (Phi) is 4.06. The Morgan fingerprint density at radius 1 is 1.12 bits per heavy atom. The van der Waals surface area contributed by atoms with Gasteiger partial charge < -0.3 is 4.90 Å². The number of aryl methyl sites for hydroxylation is 1. The van der Waals surface area contributed by atoms with Crippen molar-refractivity contribution >= 4 is 5.91 Å². The number of benzene rings is 1. The second kappa shape index (κ2) is 6.51. The molecule has 0 N–H and O–H groups in total. The third-order valence-electron chi connectivity index (χ3n) is 4.65. The molecule has 1 atom stereocenters. The van der Waals surface area contributed by atoms with Crippen LogP contribution < -0.4 is 0 Å². The lowest BCUT2D eigenvalue weighted by molar-refractivity contribution is 0.0726. The quantitative estimate of drug-likeness (QED) is 0.737. The van der Waals surface area contributed by atoms with E-state index in [1.165, 1.54) is 0 Å². The highest BCUT2D eigenvalue weighted by Gasteiger charge is 2.32. The van der Waals surface area contributed by atoms with Gasteiger partial charge in [-0.25, -0.2) is 4.68 Å². The van der Waals surface area contributed by atoms with Gasteiger partial charge in [-0.05, 0) is 50.1 Å². The van der Waals surface area contributed by atoms with Crippen molar-refractivity contribution in [3.05, 3.63) is 77.9 Å². The number of amides is 1. The molecule has 126 valence electrons. The van der Waals surface area contributed by atoms with Crippen molar-refractivity contribution in [2.24, 2.45) is 0 Å². The lowest BCUT2D eigenvalue weighted by Crippen LogP contribution is -2.31. The van der Waals surface area contributed by atoms with E-state index in [-0.39, 0.29) is 11.9 Å². The topological polar surface area (TPSA) is 51.0 Å². The van der Waals surface area contributed by atoms with Gasteiger partial charge in [0.05, 0.1) is 17.4 Å². The van der Waals surface area contributed by atoms with Crippen LogP contribution in [-0.2, 0) is 0 Å². The second-order valence-electron chi connectivity index (χ2n) is 6.33. The summed E-state index contributed by atoms with van der Waals surface area (Å²) in [6, 6.07) is 17.6. The highest BCUT2D eigenvalue weighted by atomic mass is 16.2. The van der Waals surface area contributed by atoms with Crippen molar-refractivity contribution < 1.29 is 4.79 Å². The predicted molar refractivity (Wildman–Crippen MR) is 95.5 cm³/mol. The summed E-state index contributed by atoms with van der Waals surface area (Å²) < 4.78 is 1.82. The fourth-order valence-electron chi connectivity index (χ4n) is 3.45. The minimum absolute atomic E-state index is 0.0223. The lowest BCUT2D eigenvalue weighted by Gasteiger charge is -2.23. The Hall–Kier alpha value is -2.95. The average Bonchev–Trinajstić information content (AvgIpc) is 3.29. The number of carbonyl (C=O) groups excluding carboxylic acids is 1. The van der Waals surface area contributed by atoms with Crippen molar-refractivity contribution in [3.8, 4) is 5.69 Å². The van der Waals surface area contributed by atoms with Gasteiger partial charge in [0.1, 0.15) is 0 Å². The number of hydrogen-bond acceptors (Lipinski definition) is 3. The van der Waals surface area contributed by atoms with Crippen molar-refractivity contribution in [3.63, 3.8) is 0 Å². The summed E-state index contributed by atoms with van der Waals surface area (Å²) >= 11 is 0. The van der Waals surface area contributed by atoms with Crippen molar-refractivity contribution in [1.82, 2.24) is 19.7 Å². The molecule has 0 bridgehead atoms. The first kappa shape index (κ1) is 15.6. The Morgan fingerprint density at radius 2 is 1.92 bits per heavy atom. The molecule has 0 saturated carbocycles. The molecule has 0 radical (unpaired) electrons. The van der Waals surface area contributed by atoms with Crippen molar-refractivity contribution in [1.29, 1.82) is 0 Å². The predicted octanol–water partition coefficient (Wildman–Crippen LogP) is 3.55. The normalized spacial score (nSPS) is 17.0. The van der Waals surface area contributed by atoms with Crippen LogP contribution in [0.5, 0.6) is 0 Å². The van der Waals surface area contributed by atoms with E-state index >= 15 is 0 Å². The first-order valence-electron chi connectivity index (χ1n) is 8.58. The van der Waals surface area contributed by atoms with Crippen molar-refractivity contribution in [2.75, 3.05) is 6.54 Å². The van der Waals surface area contributed by atoms with E-state index in [4.69, 9.17) is 0 Å². The molecule has 1 amide bonds. The van der Waals surface area contributed by atoms with E-state index in [1.807, 2.05) is 71.1 Å². The Labute approximate surface area is 146 Å². The molecule has 3 heterocycles. The molecule has 1 saturated heterocycles. The molecule has 0 spiro atoms. The van der Waals surface area contributed by atoms with E-state index in [9.17, 15) is 4.79 Å². The van der Waals surface area contributed by atoms with Gasteiger partial charge in [0, 0.05) is 18.4 Å². The number of carbonyl (C=O) groups is 1. The van der Waals surface area contributed by atoms with E-state index in [1.54, 1.807) is 6.20 Å². The van der Waals surface area contributed by atoms with Crippen LogP contribution in [0.1, 0.15) is 40.8 Å². The first-order chi connectivity index (χ1) is 12.2. The number of para-hydroxylation sites is 1. The van der Waals surface area contributed by atoms with Crippen LogP contribution in [0.3, 0.4) is 0 Å². The Bertz CT molecular complexity index is 873. The molecular weight excluding hydrogens is 312 g/mol. The number of rotatable bonds is 3. The summed E-state index contributed by atoms with van der Waals surface area (Å²) in [6.45, 7) is 2.72. The smallest absolute Gasteiger partial charge is 0.274 e. The van der Waals surface area contributed by atoms with Crippen LogP contribution in [0.4, 0.5) is 0 Å². The third-order valence-corrected chi connectivity index (χ3v) is 4.65. The summed E-state index contributed by atoms with van der Waals surface area (Å²) in [5.41, 5.74) is 3.35. The fourth-order valence-corrected chi connectivity index (χ4v) is 3.45. The molecular formula is C20H20N4O. The molecule has 5 heteroatoms. The lowest BCUT2D eigenvalue weighted by atomic mass is 10.1. The van der Waals surface area contributed by atoms with Crippen LogP contribution in [0.15, 0.2) is 60.8 Å². The highest BCUT2D eigenvalue weighted by Crippen LogP contribution is 2.31. The third kappa shape index (κ3) is 2.93. The van der Waals surface area contributed by atoms with Gasteiger partial charge in [-0.1, -0.05) is 24.3 Å². The number of likely N-dealkylation sites (tertiary alicyclic amines) is 1. The number of hydrogen-bond donors (Lipinski definition) is 0. The standard InChI is InChI=1S/C20H20N4O/c1-15-14-18(22-24(15)16-8-3-2-4-9-16)20(25)23-13-7-11-19(23)17-10-5-6-12-21-17/h2-6,8-10,12,14,19H,7,11,13H2,1H3. The summed E-state index contributed by atoms with van der Waals surface area (Å²) in [4.78, 5) is 19.4. The minimum atomic E-state index is -0.0223. The van der Waals surface area contributed by atoms with Crippen LogP contribution in [0, 0.1) is 6.92 Å². The Morgan fingerprint density at radius 3 is 2.68 bits per heavy atom. The van der Waals surface area contributed by atoms with E-state index in [2.05, 4.69) is 10.1 Å². The molecule has 1 aliphatic rings. The van der Waals surface area contributed by atoms with Crippen LogP contribution in [-0.4, -0.2) is 32.1 Å². The number of aromatic nitrogens is 3. The number of pyridine rings is 1. The summed E-state index contributed by atoms with van der Waals surface area (Å²) in [5.74, 6) is -0.0223. The van der Waals surface area contributed by atoms with Gasteiger partial charge in [0.2, 0.25) is 0 Å². The van der Waals surface area contributed by atoms with Gasteiger partial charge in [-0.2, -0.15) is 5.10 Å².